The molecule has 3 aliphatic rings. The van der Waals surface area contributed by atoms with Gasteiger partial charge in [0.15, 0.2) is 0 Å². The van der Waals surface area contributed by atoms with Gasteiger partial charge in [-0.2, -0.15) is 0 Å². The van der Waals surface area contributed by atoms with Crippen LogP contribution in [0.25, 0.3) is 0 Å². The lowest BCUT2D eigenvalue weighted by Crippen LogP contribution is -2.51. The molecular formula is C24H33N3O4. The normalized spacial score (nSPS) is 23.4. The van der Waals surface area contributed by atoms with Crippen LogP contribution >= 0.6 is 0 Å². The summed E-state index contributed by atoms with van der Waals surface area (Å²) < 4.78 is 5.42. The first-order valence-corrected chi connectivity index (χ1v) is 11.6. The largest absolute Gasteiger partial charge is 0.379 e. The van der Waals surface area contributed by atoms with E-state index in [0.29, 0.717) is 32.0 Å². The molecule has 1 aromatic rings. The van der Waals surface area contributed by atoms with Gasteiger partial charge in [0.05, 0.1) is 25.3 Å². The highest BCUT2D eigenvalue weighted by Gasteiger charge is 2.45. The molecule has 1 saturated carbocycles. The van der Waals surface area contributed by atoms with Crippen molar-refractivity contribution < 1.29 is 19.1 Å². The first-order valence-electron chi connectivity index (χ1n) is 11.6. The molecular weight excluding hydrogens is 394 g/mol. The number of hydrogen-bond acceptors (Lipinski definition) is 5. The Morgan fingerprint density at radius 2 is 1.74 bits per heavy atom. The van der Waals surface area contributed by atoms with Gasteiger partial charge in [0.2, 0.25) is 11.8 Å². The zero-order valence-corrected chi connectivity index (χ0v) is 18.4. The molecule has 3 amide bonds. The van der Waals surface area contributed by atoms with E-state index in [4.69, 9.17) is 4.74 Å². The van der Waals surface area contributed by atoms with Crippen LogP contribution in [0.1, 0.15) is 44.1 Å². The molecule has 7 heteroatoms. The van der Waals surface area contributed by atoms with E-state index in [-0.39, 0.29) is 30.1 Å². The molecule has 0 radical (unpaired) electrons. The van der Waals surface area contributed by atoms with Gasteiger partial charge in [-0.3, -0.25) is 19.3 Å². The second-order valence-corrected chi connectivity index (χ2v) is 8.94. The van der Waals surface area contributed by atoms with Crippen LogP contribution in [0.2, 0.25) is 0 Å². The molecule has 0 aromatic heterocycles. The van der Waals surface area contributed by atoms with E-state index in [1.54, 1.807) is 17.0 Å². The average molecular weight is 428 g/mol. The number of rotatable bonds is 6. The fourth-order valence-corrected chi connectivity index (χ4v) is 4.90. The minimum atomic E-state index is -0.704. The second kappa shape index (κ2) is 9.92. The number of ether oxygens (including phenoxy) is 1. The number of nitrogens with zero attached hydrogens (tertiary/aromatic N) is 3. The molecule has 31 heavy (non-hydrogen) atoms. The number of hydrogen-bond donors (Lipinski definition) is 0. The summed E-state index contributed by atoms with van der Waals surface area (Å²) in [7, 11) is 0. The molecule has 0 N–H and O–H groups in total. The van der Waals surface area contributed by atoms with E-state index in [9.17, 15) is 14.4 Å². The SMILES string of the molecule is Cc1ccc(N2C(=O)CC(N(CCN3CCOCC3)C(=O)C3CCCCC3)C2=O)cc1. The Kier molecular flexibility index (Phi) is 7.02. The summed E-state index contributed by atoms with van der Waals surface area (Å²) in [6.45, 7) is 6.19. The highest BCUT2D eigenvalue weighted by Crippen LogP contribution is 2.30. The van der Waals surface area contributed by atoms with Gasteiger partial charge in [-0.1, -0.05) is 37.0 Å². The molecule has 168 valence electrons. The Bertz CT molecular complexity index is 798. The summed E-state index contributed by atoms with van der Waals surface area (Å²) in [6.07, 6.45) is 5.10. The summed E-state index contributed by atoms with van der Waals surface area (Å²) in [5.41, 5.74) is 1.65. The third-order valence-corrected chi connectivity index (χ3v) is 6.79. The van der Waals surface area contributed by atoms with Crippen molar-refractivity contribution >= 4 is 23.4 Å². The van der Waals surface area contributed by atoms with Crippen LogP contribution < -0.4 is 4.90 Å². The van der Waals surface area contributed by atoms with Gasteiger partial charge in [0.1, 0.15) is 6.04 Å². The molecule has 1 aromatic carbocycles. The molecule has 0 spiro atoms. The van der Waals surface area contributed by atoms with Crippen molar-refractivity contribution in [2.24, 2.45) is 5.92 Å². The molecule has 1 atom stereocenters. The third-order valence-electron chi connectivity index (χ3n) is 6.79. The summed E-state index contributed by atoms with van der Waals surface area (Å²) >= 11 is 0. The van der Waals surface area contributed by atoms with Crippen LogP contribution in [-0.4, -0.2) is 73.0 Å². The minimum absolute atomic E-state index is 0.0326. The van der Waals surface area contributed by atoms with Crippen molar-refractivity contribution in [3.63, 3.8) is 0 Å². The molecule has 4 rings (SSSR count). The van der Waals surface area contributed by atoms with Gasteiger partial charge in [-0.25, -0.2) is 4.90 Å². The molecule has 2 heterocycles. The minimum Gasteiger partial charge on any atom is -0.379 e. The first kappa shape index (κ1) is 22.0. The van der Waals surface area contributed by atoms with E-state index in [2.05, 4.69) is 4.90 Å². The summed E-state index contributed by atoms with van der Waals surface area (Å²) in [6, 6.07) is 6.69. The molecule has 1 unspecified atom stereocenters. The van der Waals surface area contributed by atoms with E-state index in [1.165, 1.54) is 11.3 Å². The number of carbonyl (C=O) groups excluding carboxylic acids is 3. The Morgan fingerprint density at radius 3 is 2.42 bits per heavy atom. The van der Waals surface area contributed by atoms with Crippen LogP contribution in [0, 0.1) is 12.8 Å². The third kappa shape index (κ3) is 4.99. The van der Waals surface area contributed by atoms with Crippen molar-refractivity contribution in [2.45, 2.75) is 51.5 Å². The van der Waals surface area contributed by atoms with Gasteiger partial charge < -0.3 is 9.64 Å². The Hall–Kier alpha value is -2.25. The molecule has 2 saturated heterocycles. The lowest BCUT2D eigenvalue weighted by molar-refractivity contribution is -0.143. The summed E-state index contributed by atoms with van der Waals surface area (Å²) in [4.78, 5) is 44.9. The number of imide groups is 1. The van der Waals surface area contributed by atoms with E-state index >= 15 is 0 Å². The van der Waals surface area contributed by atoms with Crippen molar-refractivity contribution in [3.8, 4) is 0 Å². The topological polar surface area (TPSA) is 70.2 Å². The number of aryl methyl sites for hydroxylation is 1. The number of morpholine rings is 1. The first-order chi connectivity index (χ1) is 15.0. The van der Waals surface area contributed by atoms with Crippen LogP contribution in [0.3, 0.4) is 0 Å². The number of benzene rings is 1. The Balaban J connectivity index is 1.52. The zero-order chi connectivity index (χ0) is 21.8. The quantitative estimate of drug-likeness (QED) is 0.652. The van der Waals surface area contributed by atoms with E-state index in [1.807, 2.05) is 19.1 Å². The maximum atomic E-state index is 13.5. The fraction of sp³-hybridized carbons (Fsp3) is 0.625. The maximum absolute atomic E-state index is 13.5. The molecule has 7 nitrogen and oxygen atoms in total. The smallest absolute Gasteiger partial charge is 0.257 e. The highest BCUT2D eigenvalue weighted by molar-refractivity contribution is 6.23. The lowest BCUT2D eigenvalue weighted by atomic mass is 9.88. The van der Waals surface area contributed by atoms with Crippen LogP contribution in [-0.2, 0) is 19.1 Å². The predicted octanol–water partition coefficient (Wildman–Crippen LogP) is 2.37. The van der Waals surface area contributed by atoms with Crippen molar-refractivity contribution in [1.82, 2.24) is 9.80 Å². The average Bonchev–Trinajstić information content (AvgIpc) is 3.09. The van der Waals surface area contributed by atoms with E-state index < -0.39 is 6.04 Å². The second-order valence-electron chi connectivity index (χ2n) is 8.94. The summed E-state index contributed by atoms with van der Waals surface area (Å²) in [5.74, 6) is -0.494. The Labute approximate surface area is 184 Å². The van der Waals surface area contributed by atoms with Crippen LogP contribution in [0.5, 0.6) is 0 Å². The predicted molar refractivity (Wildman–Crippen MR) is 118 cm³/mol. The number of amides is 3. The van der Waals surface area contributed by atoms with Crippen molar-refractivity contribution in [1.29, 1.82) is 0 Å². The fourth-order valence-electron chi connectivity index (χ4n) is 4.90. The number of anilines is 1. The maximum Gasteiger partial charge on any atom is 0.257 e. The van der Waals surface area contributed by atoms with Crippen LogP contribution in [0.4, 0.5) is 5.69 Å². The molecule has 1 aliphatic carbocycles. The molecule has 3 fully saturated rings. The zero-order valence-electron chi connectivity index (χ0n) is 18.4. The van der Waals surface area contributed by atoms with E-state index in [0.717, 1.165) is 44.3 Å². The van der Waals surface area contributed by atoms with Gasteiger partial charge in [0.25, 0.3) is 5.91 Å². The molecule has 0 bridgehead atoms. The van der Waals surface area contributed by atoms with Gasteiger partial charge in [0, 0.05) is 32.1 Å². The van der Waals surface area contributed by atoms with Gasteiger partial charge in [-0.15, -0.1) is 0 Å². The standard InChI is InChI=1S/C24H33N3O4/c1-18-7-9-20(10-8-18)27-22(28)17-21(24(27)30)26(12-11-25-13-15-31-16-14-25)23(29)19-5-3-2-4-6-19/h7-10,19,21H,2-6,11-17H2,1H3. The van der Waals surface area contributed by atoms with Gasteiger partial charge >= 0.3 is 0 Å². The van der Waals surface area contributed by atoms with Crippen LogP contribution in [0.15, 0.2) is 24.3 Å². The molecule has 2 aliphatic heterocycles. The summed E-state index contributed by atoms with van der Waals surface area (Å²) in [5, 5.41) is 0. The van der Waals surface area contributed by atoms with Gasteiger partial charge in [-0.05, 0) is 31.9 Å². The highest BCUT2D eigenvalue weighted by atomic mass is 16.5. The number of carbonyl (C=O) groups is 3. The lowest BCUT2D eigenvalue weighted by Gasteiger charge is -2.35. The van der Waals surface area contributed by atoms with Crippen molar-refractivity contribution in [3.05, 3.63) is 29.8 Å². The van der Waals surface area contributed by atoms with Crippen molar-refractivity contribution in [2.75, 3.05) is 44.3 Å². The monoisotopic (exact) mass is 427 g/mol. The Morgan fingerprint density at radius 1 is 1.06 bits per heavy atom.